The maximum absolute atomic E-state index is 12.4. The predicted molar refractivity (Wildman–Crippen MR) is 72.0 cm³/mol. The van der Waals surface area contributed by atoms with Gasteiger partial charge in [0.1, 0.15) is 0 Å². The lowest BCUT2D eigenvalue weighted by atomic mass is 10.2. The molecule has 0 aromatic heterocycles. The van der Waals surface area contributed by atoms with Crippen LogP contribution in [-0.2, 0) is 16.4 Å². The van der Waals surface area contributed by atoms with Crippen LogP contribution in [0.25, 0.3) is 0 Å². The molecule has 0 unspecified atom stereocenters. The van der Waals surface area contributed by atoms with Crippen molar-refractivity contribution in [2.45, 2.75) is 24.3 Å². The van der Waals surface area contributed by atoms with Crippen molar-refractivity contribution < 1.29 is 8.42 Å². The molecule has 1 aromatic rings. The van der Waals surface area contributed by atoms with Crippen LogP contribution >= 0.6 is 0 Å². The van der Waals surface area contributed by atoms with Gasteiger partial charge >= 0.3 is 0 Å². The van der Waals surface area contributed by atoms with Crippen molar-refractivity contribution >= 4 is 10.0 Å². The third kappa shape index (κ3) is 3.13. The Morgan fingerprint density at radius 2 is 2.11 bits per heavy atom. The molecule has 1 fully saturated rings. The van der Waals surface area contributed by atoms with Crippen LogP contribution in [0.4, 0.5) is 0 Å². The maximum Gasteiger partial charge on any atom is 0.243 e. The SMILES string of the molecule is C[C@@H]1CN(S(=O)(=O)c2ccc(CC#N)cc2)CCN1. The van der Waals surface area contributed by atoms with E-state index < -0.39 is 10.0 Å². The van der Waals surface area contributed by atoms with E-state index in [-0.39, 0.29) is 6.04 Å². The van der Waals surface area contributed by atoms with E-state index in [1.54, 1.807) is 24.3 Å². The van der Waals surface area contributed by atoms with Gasteiger partial charge in [-0.05, 0) is 24.6 Å². The molecule has 0 amide bonds. The molecule has 5 nitrogen and oxygen atoms in total. The van der Waals surface area contributed by atoms with Crippen molar-refractivity contribution in [3.8, 4) is 6.07 Å². The summed E-state index contributed by atoms with van der Waals surface area (Å²) in [7, 11) is -3.42. The van der Waals surface area contributed by atoms with E-state index in [4.69, 9.17) is 5.26 Å². The molecule has 1 aliphatic heterocycles. The molecular weight excluding hydrogens is 262 g/mol. The fourth-order valence-electron chi connectivity index (χ4n) is 2.13. The van der Waals surface area contributed by atoms with Gasteiger partial charge in [-0.1, -0.05) is 12.1 Å². The molecule has 19 heavy (non-hydrogen) atoms. The monoisotopic (exact) mass is 279 g/mol. The molecule has 0 bridgehead atoms. The first-order valence-electron chi connectivity index (χ1n) is 6.23. The van der Waals surface area contributed by atoms with Crippen molar-refractivity contribution in [3.63, 3.8) is 0 Å². The van der Waals surface area contributed by atoms with Crippen LogP contribution in [0.2, 0.25) is 0 Å². The molecular formula is C13H17N3O2S. The van der Waals surface area contributed by atoms with Crippen LogP contribution in [0.3, 0.4) is 0 Å². The fraction of sp³-hybridized carbons (Fsp3) is 0.462. The van der Waals surface area contributed by atoms with Crippen LogP contribution in [0.15, 0.2) is 29.2 Å². The zero-order chi connectivity index (χ0) is 13.9. The van der Waals surface area contributed by atoms with Crippen LogP contribution < -0.4 is 5.32 Å². The fourth-order valence-corrected chi connectivity index (χ4v) is 3.66. The third-order valence-corrected chi connectivity index (χ3v) is 5.06. The number of hydrogen-bond donors (Lipinski definition) is 1. The third-order valence-electron chi connectivity index (χ3n) is 3.18. The largest absolute Gasteiger partial charge is 0.312 e. The molecule has 6 heteroatoms. The van der Waals surface area contributed by atoms with Gasteiger partial charge in [-0.25, -0.2) is 8.42 Å². The number of benzene rings is 1. The Labute approximate surface area is 113 Å². The molecule has 1 atom stereocenters. The first kappa shape index (κ1) is 14.0. The first-order valence-corrected chi connectivity index (χ1v) is 7.67. The second-order valence-electron chi connectivity index (χ2n) is 4.70. The van der Waals surface area contributed by atoms with Gasteiger partial charge in [-0.3, -0.25) is 0 Å². The van der Waals surface area contributed by atoms with Gasteiger partial charge in [-0.2, -0.15) is 9.57 Å². The molecule has 0 aliphatic carbocycles. The standard InChI is InChI=1S/C13H17N3O2S/c1-11-10-16(9-8-15-11)19(17,18)13-4-2-12(3-5-13)6-7-14/h2-5,11,15H,6,8-10H2,1H3/t11-/m1/s1. The van der Waals surface area contributed by atoms with Crippen molar-refractivity contribution in [1.29, 1.82) is 5.26 Å². The molecule has 0 radical (unpaired) electrons. The highest BCUT2D eigenvalue weighted by Gasteiger charge is 2.28. The lowest BCUT2D eigenvalue weighted by Gasteiger charge is -2.31. The first-order chi connectivity index (χ1) is 9.04. The van der Waals surface area contributed by atoms with Crippen LogP contribution in [0, 0.1) is 11.3 Å². The average molecular weight is 279 g/mol. The lowest BCUT2D eigenvalue weighted by molar-refractivity contribution is 0.310. The predicted octanol–water partition coefficient (Wildman–Crippen LogP) is 0.735. The summed E-state index contributed by atoms with van der Waals surface area (Å²) in [5.74, 6) is 0. The Bertz CT molecular complexity index is 575. The Morgan fingerprint density at radius 1 is 1.42 bits per heavy atom. The van der Waals surface area contributed by atoms with Crippen LogP contribution in [-0.4, -0.2) is 38.4 Å². The van der Waals surface area contributed by atoms with Gasteiger partial charge < -0.3 is 5.32 Å². The summed E-state index contributed by atoms with van der Waals surface area (Å²) in [4.78, 5) is 0.295. The Morgan fingerprint density at radius 3 is 2.68 bits per heavy atom. The van der Waals surface area contributed by atoms with E-state index in [0.717, 1.165) is 5.56 Å². The number of nitrogens with one attached hydrogen (secondary N) is 1. The van der Waals surface area contributed by atoms with E-state index in [1.807, 2.05) is 13.0 Å². The zero-order valence-corrected chi connectivity index (χ0v) is 11.7. The zero-order valence-electron chi connectivity index (χ0n) is 10.8. The second-order valence-corrected chi connectivity index (χ2v) is 6.64. The molecule has 102 valence electrons. The van der Waals surface area contributed by atoms with Crippen molar-refractivity contribution in [2.24, 2.45) is 0 Å². The van der Waals surface area contributed by atoms with E-state index >= 15 is 0 Å². The lowest BCUT2D eigenvalue weighted by Crippen LogP contribution is -2.51. The minimum atomic E-state index is -3.42. The van der Waals surface area contributed by atoms with E-state index in [2.05, 4.69) is 5.32 Å². The van der Waals surface area contributed by atoms with Crippen molar-refractivity contribution in [1.82, 2.24) is 9.62 Å². The molecule has 1 N–H and O–H groups in total. The highest BCUT2D eigenvalue weighted by molar-refractivity contribution is 7.89. The van der Waals surface area contributed by atoms with Gasteiger partial charge in [0.2, 0.25) is 10.0 Å². The summed E-state index contributed by atoms with van der Waals surface area (Å²) < 4.78 is 26.4. The summed E-state index contributed by atoms with van der Waals surface area (Å²) >= 11 is 0. The molecule has 0 spiro atoms. The molecule has 2 rings (SSSR count). The Balaban J connectivity index is 2.21. The van der Waals surface area contributed by atoms with Crippen molar-refractivity contribution in [2.75, 3.05) is 19.6 Å². The molecule has 1 heterocycles. The highest BCUT2D eigenvalue weighted by Crippen LogP contribution is 2.18. The van der Waals surface area contributed by atoms with Gasteiger partial charge in [0.05, 0.1) is 17.4 Å². The van der Waals surface area contributed by atoms with Gasteiger partial charge in [0, 0.05) is 25.7 Å². The minimum Gasteiger partial charge on any atom is -0.312 e. The second kappa shape index (κ2) is 5.70. The summed E-state index contributed by atoms with van der Waals surface area (Å²) in [5.41, 5.74) is 0.829. The highest BCUT2D eigenvalue weighted by atomic mass is 32.2. The van der Waals surface area contributed by atoms with Crippen LogP contribution in [0.5, 0.6) is 0 Å². The summed E-state index contributed by atoms with van der Waals surface area (Å²) in [6, 6.07) is 8.76. The topological polar surface area (TPSA) is 73.2 Å². The Hall–Kier alpha value is -1.42. The normalized spacial score (nSPS) is 20.9. The number of nitrogens with zero attached hydrogens (tertiary/aromatic N) is 2. The number of sulfonamides is 1. The minimum absolute atomic E-state index is 0.168. The average Bonchev–Trinajstić information content (AvgIpc) is 2.40. The molecule has 1 aliphatic rings. The molecule has 1 saturated heterocycles. The van der Waals surface area contributed by atoms with Crippen molar-refractivity contribution in [3.05, 3.63) is 29.8 Å². The van der Waals surface area contributed by atoms with E-state index in [9.17, 15) is 8.42 Å². The molecule has 1 aromatic carbocycles. The summed E-state index contributed by atoms with van der Waals surface area (Å²) in [5, 5.41) is 11.8. The number of hydrogen-bond acceptors (Lipinski definition) is 4. The molecule has 0 saturated carbocycles. The van der Waals surface area contributed by atoms with Gasteiger partial charge in [-0.15, -0.1) is 0 Å². The summed E-state index contributed by atoms with van der Waals surface area (Å²) in [6.07, 6.45) is 0.297. The van der Waals surface area contributed by atoms with Crippen LogP contribution in [0.1, 0.15) is 12.5 Å². The maximum atomic E-state index is 12.4. The van der Waals surface area contributed by atoms with E-state index in [1.165, 1.54) is 4.31 Å². The number of rotatable bonds is 3. The number of nitriles is 1. The van der Waals surface area contributed by atoms with Gasteiger partial charge in [0.15, 0.2) is 0 Å². The number of piperazine rings is 1. The quantitative estimate of drug-likeness (QED) is 0.885. The van der Waals surface area contributed by atoms with Gasteiger partial charge in [0.25, 0.3) is 0 Å². The van der Waals surface area contributed by atoms with E-state index in [0.29, 0.717) is 31.0 Å². The summed E-state index contributed by atoms with van der Waals surface area (Å²) in [6.45, 7) is 3.62. The Kier molecular flexibility index (Phi) is 4.20. The smallest absolute Gasteiger partial charge is 0.243 e.